The molecule has 0 bridgehead atoms. The summed E-state index contributed by atoms with van der Waals surface area (Å²) >= 11 is 0. The molecular formula is C11H13N3O. The molecule has 2 heterocycles. The summed E-state index contributed by atoms with van der Waals surface area (Å²) in [5, 5.41) is 3.33. The van der Waals surface area contributed by atoms with E-state index in [4.69, 9.17) is 4.42 Å². The number of nitrogens with one attached hydrogen (secondary N) is 1. The Kier molecular flexibility index (Phi) is 3.09. The lowest BCUT2D eigenvalue weighted by Crippen LogP contribution is -2.17. The fourth-order valence-corrected chi connectivity index (χ4v) is 1.33. The van der Waals surface area contributed by atoms with Gasteiger partial charge in [0.25, 0.3) is 0 Å². The van der Waals surface area contributed by atoms with E-state index in [1.165, 1.54) is 6.39 Å². The molecular weight excluding hydrogens is 190 g/mol. The smallest absolute Gasteiger partial charge is 0.180 e. The van der Waals surface area contributed by atoms with Crippen molar-refractivity contribution in [3.8, 4) is 0 Å². The third kappa shape index (κ3) is 2.63. The van der Waals surface area contributed by atoms with Crippen LogP contribution >= 0.6 is 0 Å². The van der Waals surface area contributed by atoms with Gasteiger partial charge >= 0.3 is 0 Å². The van der Waals surface area contributed by atoms with Gasteiger partial charge in [0.1, 0.15) is 5.76 Å². The van der Waals surface area contributed by atoms with Gasteiger partial charge in [0.15, 0.2) is 6.39 Å². The normalized spacial score (nSPS) is 12.6. The van der Waals surface area contributed by atoms with Gasteiger partial charge in [-0.25, -0.2) is 4.98 Å². The molecule has 1 N–H and O–H groups in total. The number of nitrogens with zero attached hydrogens (tertiary/aromatic N) is 2. The standard InChI is InChI=1S/C11H13N3O/c1-9(10-3-2-4-12-5-10)14-7-11-6-13-8-15-11/h2-6,8-9,14H,7H2,1H3. The summed E-state index contributed by atoms with van der Waals surface area (Å²) in [6.45, 7) is 2.77. The van der Waals surface area contributed by atoms with E-state index in [1.54, 1.807) is 12.4 Å². The lowest BCUT2D eigenvalue weighted by Gasteiger charge is -2.11. The molecule has 2 rings (SSSR count). The summed E-state index contributed by atoms with van der Waals surface area (Å²) in [6, 6.07) is 4.23. The molecule has 15 heavy (non-hydrogen) atoms. The average molecular weight is 203 g/mol. The largest absolute Gasteiger partial charge is 0.447 e. The van der Waals surface area contributed by atoms with E-state index >= 15 is 0 Å². The van der Waals surface area contributed by atoms with Gasteiger partial charge in [-0.3, -0.25) is 4.98 Å². The maximum atomic E-state index is 5.13. The lowest BCUT2D eigenvalue weighted by molar-refractivity contribution is 0.457. The highest BCUT2D eigenvalue weighted by Gasteiger charge is 2.05. The lowest BCUT2D eigenvalue weighted by atomic mass is 10.1. The highest BCUT2D eigenvalue weighted by Crippen LogP contribution is 2.10. The van der Waals surface area contributed by atoms with Crippen molar-refractivity contribution in [1.29, 1.82) is 0 Å². The van der Waals surface area contributed by atoms with Crippen molar-refractivity contribution >= 4 is 0 Å². The Morgan fingerprint density at radius 1 is 1.40 bits per heavy atom. The summed E-state index contributed by atoms with van der Waals surface area (Å²) < 4.78 is 5.13. The van der Waals surface area contributed by atoms with Gasteiger partial charge in [-0.05, 0) is 18.6 Å². The first-order valence-corrected chi connectivity index (χ1v) is 4.87. The second kappa shape index (κ2) is 4.70. The molecule has 0 radical (unpaired) electrons. The van der Waals surface area contributed by atoms with Crippen LogP contribution in [-0.4, -0.2) is 9.97 Å². The first-order valence-electron chi connectivity index (χ1n) is 4.87. The average Bonchev–Trinajstić information content (AvgIpc) is 2.80. The number of oxazole rings is 1. The Hall–Kier alpha value is -1.68. The molecule has 1 atom stereocenters. The SMILES string of the molecule is CC(NCc1cnco1)c1cccnc1. The van der Waals surface area contributed by atoms with Crippen LogP contribution in [0.25, 0.3) is 0 Å². The fraction of sp³-hybridized carbons (Fsp3) is 0.273. The molecule has 0 spiro atoms. The number of hydrogen-bond donors (Lipinski definition) is 1. The third-order valence-electron chi connectivity index (χ3n) is 2.25. The van der Waals surface area contributed by atoms with Gasteiger partial charge in [0, 0.05) is 18.4 Å². The molecule has 0 amide bonds. The first kappa shape index (κ1) is 9.86. The number of hydrogen-bond acceptors (Lipinski definition) is 4. The summed E-state index contributed by atoms with van der Waals surface area (Å²) in [5.41, 5.74) is 1.16. The molecule has 0 aliphatic carbocycles. The van der Waals surface area contributed by atoms with Gasteiger partial charge in [-0.1, -0.05) is 6.07 Å². The predicted molar refractivity (Wildman–Crippen MR) is 56.0 cm³/mol. The molecule has 1 unspecified atom stereocenters. The minimum atomic E-state index is 0.254. The molecule has 0 saturated carbocycles. The zero-order valence-electron chi connectivity index (χ0n) is 8.55. The van der Waals surface area contributed by atoms with E-state index in [0.29, 0.717) is 6.54 Å². The van der Waals surface area contributed by atoms with E-state index in [9.17, 15) is 0 Å². The Labute approximate surface area is 88.4 Å². The molecule has 4 nitrogen and oxygen atoms in total. The summed E-state index contributed by atoms with van der Waals surface area (Å²) in [6.07, 6.45) is 6.78. The predicted octanol–water partition coefficient (Wildman–Crippen LogP) is 1.92. The molecule has 0 aliphatic rings. The maximum Gasteiger partial charge on any atom is 0.180 e. The zero-order chi connectivity index (χ0) is 10.5. The van der Waals surface area contributed by atoms with Crippen molar-refractivity contribution in [2.75, 3.05) is 0 Å². The van der Waals surface area contributed by atoms with Crippen LogP contribution in [0, 0.1) is 0 Å². The highest BCUT2D eigenvalue weighted by atomic mass is 16.3. The first-order chi connectivity index (χ1) is 7.36. The van der Waals surface area contributed by atoms with E-state index < -0.39 is 0 Å². The van der Waals surface area contributed by atoms with Crippen LogP contribution in [0.1, 0.15) is 24.3 Å². The van der Waals surface area contributed by atoms with Crippen LogP contribution < -0.4 is 5.32 Å². The van der Waals surface area contributed by atoms with Gasteiger partial charge in [0.2, 0.25) is 0 Å². The summed E-state index contributed by atoms with van der Waals surface area (Å²) in [7, 11) is 0. The Bertz CT molecular complexity index is 385. The van der Waals surface area contributed by atoms with Gasteiger partial charge in [0.05, 0.1) is 12.7 Å². The van der Waals surface area contributed by atoms with Crippen LogP contribution in [0.15, 0.2) is 41.5 Å². The second-order valence-corrected chi connectivity index (χ2v) is 3.36. The summed E-state index contributed by atoms with van der Waals surface area (Å²) in [4.78, 5) is 7.93. The monoisotopic (exact) mass is 203 g/mol. The van der Waals surface area contributed by atoms with Crippen molar-refractivity contribution in [3.63, 3.8) is 0 Å². The van der Waals surface area contributed by atoms with Crippen molar-refractivity contribution in [2.24, 2.45) is 0 Å². The second-order valence-electron chi connectivity index (χ2n) is 3.36. The number of aromatic nitrogens is 2. The number of rotatable bonds is 4. The van der Waals surface area contributed by atoms with Crippen LogP contribution in [0.4, 0.5) is 0 Å². The number of pyridine rings is 1. The van der Waals surface area contributed by atoms with Gasteiger partial charge in [-0.15, -0.1) is 0 Å². The molecule has 0 aliphatic heterocycles. The summed E-state index contributed by atoms with van der Waals surface area (Å²) in [5.74, 6) is 0.839. The van der Waals surface area contributed by atoms with E-state index in [0.717, 1.165) is 11.3 Å². The Morgan fingerprint density at radius 2 is 2.33 bits per heavy atom. The van der Waals surface area contributed by atoms with Crippen LogP contribution in [0.5, 0.6) is 0 Å². The van der Waals surface area contributed by atoms with Gasteiger partial charge < -0.3 is 9.73 Å². The van der Waals surface area contributed by atoms with Crippen LogP contribution in [0.3, 0.4) is 0 Å². The van der Waals surface area contributed by atoms with E-state index in [-0.39, 0.29) is 6.04 Å². The van der Waals surface area contributed by atoms with E-state index in [1.807, 2.05) is 18.3 Å². The molecule has 2 aromatic rings. The molecule has 0 saturated heterocycles. The van der Waals surface area contributed by atoms with Crippen molar-refractivity contribution in [1.82, 2.24) is 15.3 Å². The zero-order valence-corrected chi connectivity index (χ0v) is 8.55. The van der Waals surface area contributed by atoms with Crippen LogP contribution in [-0.2, 0) is 6.54 Å². The van der Waals surface area contributed by atoms with Crippen LogP contribution in [0.2, 0.25) is 0 Å². The highest BCUT2D eigenvalue weighted by molar-refractivity contribution is 5.12. The Balaban J connectivity index is 1.90. The topological polar surface area (TPSA) is 51.0 Å². The Morgan fingerprint density at radius 3 is 3.00 bits per heavy atom. The molecule has 0 fully saturated rings. The maximum absolute atomic E-state index is 5.13. The minimum absolute atomic E-state index is 0.254. The van der Waals surface area contributed by atoms with E-state index in [2.05, 4.69) is 22.2 Å². The van der Waals surface area contributed by atoms with Crippen molar-refractivity contribution < 1.29 is 4.42 Å². The quantitative estimate of drug-likeness (QED) is 0.824. The third-order valence-corrected chi connectivity index (χ3v) is 2.25. The van der Waals surface area contributed by atoms with Crippen molar-refractivity contribution in [3.05, 3.63) is 48.4 Å². The molecule has 78 valence electrons. The van der Waals surface area contributed by atoms with Crippen molar-refractivity contribution in [2.45, 2.75) is 19.5 Å². The minimum Gasteiger partial charge on any atom is -0.447 e. The fourth-order valence-electron chi connectivity index (χ4n) is 1.33. The molecule has 0 aromatic carbocycles. The molecule has 4 heteroatoms. The van der Waals surface area contributed by atoms with Gasteiger partial charge in [-0.2, -0.15) is 0 Å². The molecule has 2 aromatic heterocycles.